The number of ether oxygens (including phenoxy) is 1. The van der Waals surface area contributed by atoms with Gasteiger partial charge in [0.1, 0.15) is 0 Å². The molecular formula is C18H31ClN2O2. The summed E-state index contributed by atoms with van der Waals surface area (Å²) < 4.78 is 5.95. The van der Waals surface area contributed by atoms with Gasteiger partial charge in [0.25, 0.3) is 0 Å². The number of carbonyl (C=O) groups is 1. The number of fused-ring (bicyclic) bond motifs is 2. The van der Waals surface area contributed by atoms with E-state index < -0.39 is 0 Å². The van der Waals surface area contributed by atoms with Crippen molar-refractivity contribution in [1.82, 2.24) is 5.32 Å². The zero-order chi connectivity index (χ0) is 15.3. The predicted molar refractivity (Wildman–Crippen MR) is 92.4 cm³/mol. The minimum absolute atomic E-state index is 0. The molecule has 0 aromatic carbocycles. The van der Waals surface area contributed by atoms with Crippen molar-refractivity contribution in [3.8, 4) is 0 Å². The number of nitrogens with one attached hydrogen (secondary N) is 1. The SMILES string of the molecule is CCOC1CC(NC(=O)C2C3CCC(C3)C2N)C12CCCC2.Cl. The quantitative estimate of drug-likeness (QED) is 0.825. The fourth-order valence-corrected chi connectivity index (χ4v) is 6.08. The smallest absolute Gasteiger partial charge is 0.225 e. The van der Waals surface area contributed by atoms with Crippen LogP contribution in [0.4, 0.5) is 0 Å². The second-order valence-corrected chi connectivity index (χ2v) is 8.12. The Morgan fingerprint density at radius 3 is 2.52 bits per heavy atom. The monoisotopic (exact) mass is 342 g/mol. The van der Waals surface area contributed by atoms with Crippen LogP contribution in [0.25, 0.3) is 0 Å². The first-order valence-electron chi connectivity index (χ1n) is 9.33. The molecule has 0 aliphatic heterocycles. The van der Waals surface area contributed by atoms with Crippen molar-refractivity contribution in [2.75, 3.05) is 6.61 Å². The lowest BCUT2D eigenvalue weighted by molar-refractivity contribution is -0.147. The Morgan fingerprint density at radius 2 is 1.91 bits per heavy atom. The number of hydrogen-bond acceptors (Lipinski definition) is 3. The molecule has 4 fully saturated rings. The lowest BCUT2D eigenvalue weighted by Crippen LogP contribution is -2.65. The summed E-state index contributed by atoms with van der Waals surface area (Å²) in [5, 5.41) is 3.40. The number of rotatable bonds is 4. The number of nitrogens with two attached hydrogens (primary N) is 1. The van der Waals surface area contributed by atoms with Crippen molar-refractivity contribution in [3.63, 3.8) is 0 Å². The van der Waals surface area contributed by atoms with E-state index >= 15 is 0 Å². The van der Waals surface area contributed by atoms with Crippen LogP contribution in [-0.2, 0) is 9.53 Å². The van der Waals surface area contributed by atoms with Crippen molar-refractivity contribution < 1.29 is 9.53 Å². The fourth-order valence-electron chi connectivity index (χ4n) is 6.08. The predicted octanol–water partition coefficient (Wildman–Crippen LogP) is 2.64. The summed E-state index contributed by atoms with van der Waals surface area (Å²) in [4.78, 5) is 12.8. The van der Waals surface area contributed by atoms with Gasteiger partial charge in [0, 0.05) is 24.1 Å². The van der Waals surface area contributed by atoms with Crippen LogP contribution < -0.4 is 11.1 Å². The third-order valence-electron chi connectivity index (χ3n) is 7.29. The van der Waals surface area contributed by atoms with Gasteiger partial charge < -0.3 is 15.8 Å². The fraction of sp³-hybridized carbons (Fsp3) is 0.944. The summed E-state index contributed by atoms with van der Waals surface area (Å²) >= 11 is 0. The lowest BCUT2D eigenvalue weighted by atomic mass is 9.60. The van der Waals surface area contributed by atoms with Gasteiger partial charge in [-0.3, -0.25) is 4.79 Å². The Hall–Kier alpha value is -0.320. The second-order valence-electron chi connectivity index (χ2n) is 8.12. The molecule has 2 bridgehead atoms. The lowest BCUT2D eigenvalue weighted by Gasteiger charge is -2.54. The number of halogens is 1. The molecular weight excluding hydrogens is 312 g/mol. The topological polar surface area (TPSA) is 64.3 Å². The molecule has 4 aliphatic carbocycles. The average Bonchev–Trinajstić information content (AvgIpc) is 3.22. The maximum Gasteiger partial charge on any atom is 0.225 e. The van der Waals surface area contributed by atoms with E-state index in [0.717, 1.165) is 13.0 Å². The largest absolute Gasteiger partial charge is 0.378 e. The number of amides is 1. The van der Waals surface area contributed by atoms with Crippen LogP contribution in [0.3, 0.4) is 0 Å². The van der Waals surface area contributed by atoms with E-state index in [1.807, 2.05) is 0 Å². The normalized spacial score (nSPS) is 43.2. The molecule has 23 heavy (non-hydrogen) atoms. The maximum absolute atomic E-state index is 12.8. The highest BCUT2D eigenvalue weighted by Crippen LogP contribution is 2.55. The van der Waals surface area contributed by atoms with Crippen LogP contribution in [0.1, 0.15) is 58.3 Å². The molecule has 3 N–H and O–H groups in total. The van der Waals surface area contributed by atoms with Gasteiger partial charge in [-0.15, -0.1) is 12.4 Å². The first kappa shape index (κ1) is 17.5. The Bertz CT molecular complexity index is 450. The van der Waals surface area contributed by atoms with Gasteiger partial charge in [-0.25, -0.2) is 0 Å². The van der Waals surface area contributed by atoms with E-state index in [0.29, 0.717) is 24.0 Å². The molecule has 4 aliphatic rings. The van der Waals surface area contributed by atoms with E-state index in [4.69, 9.17) is 10.5 Å². The standard InChI is InChI=1S/C18H30N2O2.ClH/c1-2-22-14-10-13(18(14)7-3-4-8-18)20-17(21)15-11-5-6-12(9-11)16(15)19;/h11-16H,2-10,19H2,1H3,(H,20,21);1H. The second kappa shape index (κ2) is 6.53. The molecule has 4 nitrogen and oxygen atoms in total. The van der Waals surface area contributed by atoms with Crippen LogP contribution in [0.5, 0.6) is 0 Å². The average molecular weight is 343 g/mol. The molecule has 0 saturated heterocycles. The van der Waals surface area contributed by atoms with E-state index in [1.165, 1.54) is 44.9 Å². The molecule has 0 radical (unpaired) electrons. The Labute approximate surface area is 145 Å². The summed E-state index contributed by atoms with van der Waals surface area (Å²) in [6, 6.07) is 0.423. The minimum atomic E-state index is 0. The van der Waals surface area contributed by atoms with Gasteiger partial charge in [-0.2, -0.15) is 0 Å². The molecule has 1 amide bonds. The zero-order valence-electron chi connectivity index (χ0n) is 14.1. The third kappa shape index (κ3) is 2.61. The third-order valence-corrected chi connectivity index (χ3v) is 7.29. The Balaban J connectivity index is 0.00000156. The first-order valence-corrected chi connectivity index (χ1v) is 9.33. The van der Waals surface area contributed by atoms with E-state index in [2.05, 4.69) is 12.2 Å². The van der Waals surface area contributed by atoms with Crippen LogP contribution in [0, 0.1) is 23.2 Å². The van der Waals surface area contributed by atoms with Gasteiger partial charge in [0.2, 0.25) is 5.91 Å². The van der Waals surface area contributed by atoms with Gasteiger partial charge in [-0.1, -0.05) is 12.8 Å². The highest BCUT2D eigenvalue weighted by Gasteiger charge is 2.58. The first-order chi connectivity index (χ1) is 10.7. The van der Waals surface area contributed by atoms with Crippen LogP contribution in [-0.4, -0.2) is 30.7 Å². The maximum atomic E-state index is 12.8. The molecule has 4 saturated carbocycles. The van der Waals surface area contributed by atoms with E-state index in [-0.39, 0.29) is 35.7 Å². The molecule has 0 aromatic heterocycles. The molecule has 1 spiro atoms. The number of hydrogen-bond donors (Lipinski definition) is 2. The van der Waals surface area contributed by atoms with Crippen molar-refractivity contribution >= 4 is 18.3 Å². The molecule has 5 heteroatoms. The van der Waals surface area contributed by atoms with Gasteiger partial charge >= 0.3 is 0 Å². The van der Waals surface area contributed by atoms with Crippen molar-refractivity contribution in [2.24, 2.45) is 28.9 Å². The molecule has 6 unspecified atom stereocenters. The molecule has 6 atom stereocenters. The van der Waals surface area contributed by atoms with Crippen LogP contribution >= 0.6 is 12.4 Å². The van der Waals surface area contributed by atoms with Gasteiger partial charge in [-0.05, 0) is 57.3 Å². The van der Waals surface area contributed by atoms with Crippen LogP contribution in [0.15, 0.2) is 0 Å². The summed E-state index contributed by atoms with van der Waals surface area (Å²) in [5.41, 5.74) is 6.56. The van der Waals surface area contributed by atoms with Crippen LogP contribution in [0.2, 0.25) is 0 Å². The van der Waals surface area contributed by atoms with E-state index in [9.17, 15) is 4.79 Å². The summed E-state index contributed by atoms with van der Waals surface area (Å²) in [5.74, 6) is 1.45. The highest BCUT2D eigenvalue weighted by atomic mass is 35.5. The van der Waals surface area contributed by atoms with Gasteiger partial charge in [0.05, 0.1) is 12.0 Å². The molecule has 0 heterocycles. The Kier molecular flexibility index (Phi) is 4.97. The number of carbonyl (C=O) groups excluding carboxylic acids is 1. The van der Waals surface area contributed by atoms with Crippen molar-refractivity contribution in [3.05, 3.63) is 0 Å². The molecule has 0 aromatic rings. The summed E-state index contributed by atoms with van der Waals surface area (Å²) in [7, 11) is 0. The minimum Gasteiger partial charge on any atom is -0.378 e. The summed E-state index contributed by atoms with van der Waals surface area (Å²) in [6.07, 6.45) is 9.96. The highest BCUT2D eigenvalue weighted by molar-refractivity contribution is 5.85. The molecule has 4 rings (SSSR count). The van der Waals surface area contributed by atoms with Crippen molar-refractivity contribution in [2.45, 2.75) is 76.5 Å². The van der Waals surface area contributed by atoms with Crippen molar-refractivity contribution in [1.29, 1.82) is 0 Å². The zero-order valence-corrected chi connectivity index (χ0v) is 14.9. The Morgan fingerprint density at radius 1 is 1.22 bits per heavy atom. The summed E-state index contributed by atoms with van der Waals surface area (Å²) in [6.45, 7) is 2.85. The van der Waals surface area contributed by atoms with Gasteiger partial charge in [0.15, 0.2) is 0 Å². The molecule has 132 valence electrons. The van der Waals surface area contributed by atoms with E-state index in [1.54, 1.807) is 0 Å².